The van der Waals surface area contributed by atoms with Crippen molar-refractivity contribution < 1.29 is 29.4 Å². The summed E-state index contributed by atoms with van der Waals surface area (Å²) in [6.45, 7) is 0.381. The van der Waals surface area contributed by atoms with Crippen LogP contribution in [-0.2, 0) is 20.8 Å². The lowest BCUT2D eigenvalue weighted by atomic mass is 9.92. The summed E-state index contributed by atoms with van der Waals surface area (Å²) in [7, 11) is 0. The summed E-state index contributed by atoms with van der Waals surface area (Å²) in [5.74, 6) is -4.08. The number of nitrogens with zero attached hydrogens (tertiary/aromatic N) is 2. The molecule has 0 saturated carbocycles. The minimum Gasteiger partial charge on any atom is -0.508 e. The highest BCUT2D eigenvalue weighted by molar-refractivity contribution is 6.33. The van der Waals surface area contributed by atoms with Gasteiger partial charge in [0.05, 0.1) is 0 Å². The minimum atomic E-state index is -1.48. The number of Topliss-reactive ketones (excluding diaryl/α,β-unsaturated/α-hetero) is 1. The number of ketones is 1. The number of benzene rings is 1. The molecule has 0 spiro atoms. The summed E-state index contributed by atoms with van der Waals surface area (Å²) in [6, 6.07) is 8.15. The molecule has 2 heterocycles. The number of amides is 2. The number of aliphatic carboxylic acids is 1. The second-order valence-electron chi connectivity index (χ2n) is 8.01. The van der Waals surface area contributed by atoms with Crippen molar-refractivity contribution in [1.29, 1.82) is 5.41 Å². The number of phenols is 1. The van der Waals surface area contributed by atoms with Crippen molar-refractivity contribution in [3.05, 3.63) is 59.4 Å². The number of carbonyl (C=O) groups is 4. The van der Waals surface area contributed by atoms with Crippen LogP contribution in [0.4, 0.5) is 0 Å². The average Bonchev–Trinajstić information content (AvgIpc) is 2.84. The number of likely N-dealkylation sites (tertiary alicyclic amines) is 1. The Balaban J connectivity index is 1.75. The van der Waals surface area contributed by atoms with Crippen LogP contribution in [0.3, 0.4) is 0 Å². The van der Waals surface area contributed by atoms with Crippen molar-refractivity contribution in [2.75, 3.05) is 13.1 Å². The quantitative estimate of drug-likeness (QED) is 0.208. The molecule has 1 atom stereocenters. The first-order valence-electron chi connectivity index (χ1n) is 10.6. The first-order valence-corrected chi connectivity index (χ1v) is 10.6. The molecule has 34 heavy (non-hydrogen) atoms. The Kier molecular flexibility index (Phi) is 7.57. The topological polar surface area (TPSA) is 187 Å². The third-order valence-corrected chi connectivity index (χ3v) is 5.67. The zero-order chi connectivity index (χ0) is 24.8. The van der Waals surface area contributed by atoms with Crippen LogP contribution in [0.5, 0.6) is 5.75 Å². The van der Waals surface area contributed by atoms with Gasteiger partial charge in [-0.1, -0.05) is 12.1 Å². The molecule has 1 fully saturated rings. The Morgan fingerprint density at radius 3 is 2.29 bits per heavy atom. The Hall–Kier alpha value is -4.28. The molecule has 0 unspecified atom stereocenters. The molecule has 1 saturated heterocycles. The standard InChI is InChI=1S/C23H25N5O6/c24-20(25)15-3-6-17(26-12-15)21(31)27-18(11-13-1-4-16(29)5-2-13)22(32)28-9-7-14(8-10-28)19(30)23(33)34/h1-6,12,14,18,29H,7-11H2,(H3,24,25)(H,27,31)(H,33,34)/t18-/m0/s1. The molecule has 0 bridgehead atoms. The van der Waals surface area contributed by atoms with Gasteiger partial charge in [0.1, 0.15) is 23.3 Å². The van der Waals surface area contributed by atoms with E-state index < -0.39 is 29.6 Å². The fourth-order valence-electron chi connectivity index (χ4n) is 3.74. The molecule has 0 aliphatic carbocycles. The van der Waals surface area contributed by atoms with Crippen LogP contribution in [0, 0.1) is 11.3 Å². The summed E-state index contributed by atoms with van der Waals surface area (Å²) >= 11 is 0. The molecule has 6 N–H and O–H groups in total. The van der Waals surface area contributed by atoms with Gasteiger partial charge in [0.15, 0.2) is 0 Å². The van der Waals surface area contributed by atoms with E-state index in [2.05, 4.69) is 10.3 Å². The van der Waals surface area contributed by atoms with Gasteiger partial charge in [-0.15, -0.1) is 0 Å². The van der Waals surface area contributed by atoms with E-state index in [1.165, 1.54) is 35.4 Å². The maximum absolute atomic E-state index is 13.3. The van der Waals surface area contributed by atoms with E-state index in [1.54, 1.807) is 12.1 Å². The number of carboxylic acid groups (broad SMARTS) is 1. The Labute approximate surface area is 195 Å². The number of amidine groups is 1. The van der Waals surface area contributed by atoms with Gasteiger partial charge in [0, 0.05) is 37.2 Å². The van der Waals surface area contributed by atoms with Crippen LogP contribution in [0.25, 0.3) is 0 Å². The molecule has 3 rings (SSSR count). The van der Waals surface area contributed by atoms with Gasteiger partial charge in [-0.2, -0.15) is 0 Å². The smallest absolute Gasteiger partial charge is 0.372 e. The number of phenolic OH excluding ortho intramolecular Hbond substituents is 1. The summed E-state index contributed by atoms with van der Waals surface area (Å²) in [5, 5.41) is 28.5. The Morgan fingerprint density at radius 2 is 1.76 bits per heavy atom. The van der Waals surface area contributed by atoms with E-state index in [0.29, 0.717) is 11.1 Å². The van der Waals surface area contributed by atoms with Gasteiger partial charge in [-0.3, -0.25) is 24.8 Å². The number of hydrogen-bond acceptors (Lipinski definition) is 7. The first kappa shape index (κ1) is 24.4. The van der Waals surface area contributed by atoms with Gasteiger partial charge in [0.25, 0.3) is 5.91 Å². The Bertz CT molecular complexity index is 1090. The number of pyridine rings is 1. The molecule has 2 aromatic rings. The van der Waals surface area contributed by atoms with Crippen molar-refractivity contribution in [2.24, 2.45) is 11.7 Å². The maximum atomic E-state index is 13.3. The van der Waals surface area contributed by atoms with Gasteiger partial charge in [-0.05, 0) is 42.7 Å². The maximum Gasteiger partial charge on any atom is 0.372 e. The van der Waals surface area contributed by atoms with Crippen molar-refractivity contribution in [2.45, 2.75) is 25.3 Å². The lowest BCUT2D eigenvalue weighted by Crippen LogP contribution is -2.52. The molecule has 2 amide bonds. The number of hydrogen-bond donors (Lipinski definition) is 5. The normalized spacial score (nSPS) is 14.8. The van der Waals surface area contributed by atoms with E-state index in [-0.39, 0.29) is 55.5 Å². The lowest BCUT2D eigenvalue weighted by Gasteiger charge is -2.33. The SMILES string of the molecule is N=C(N)c1ccc(C(=O)N[C@@H](Cc2ccc(O)cc2)C(=O)N2CCC(C(=O)C(=O)O)CC2)nc1. The van der Waals surface area contributed by atoms with Gasteiger partial charge in [0.2, 0.25) is 11.7 Å². The zero-order valence-corrected chi connectivity index (χ0v) is 18.2. The minimum absolute atomic E-state index is 0.0410. The van der Waals surface area contributed by atoms with Crippen molar-refractivity contribution >= 4 is 29.4 Å². The van der Waals surface area contributed by atoms with Crippen molar-refractivity contribution in [3.63, 3.8) is 0 Å². The molecular formula is C23H25N5O6. The molecule has 1 aromatic carbocycles. The van der Waals surface area contributed by atoms with Crippen molar-refractivity contribution in [3.8, 4) is 5.75 Å². The van der Waals surface area contributed by atoms with Crippen LogP contribution < -0.4 is 11.1 Å². The van der Waals surface area contributed by atoms with Crippen LogP contribution in [0.15, 0.2) is 42.6 Å². The molecule has 0 radical (unpaired) electrons. The molecule has 11 heteroatoms. The Morgan fingerprint density at radius 1 is 1.12 bits per heavy atom. The first-order chi connectivity index (χ1) is 16.2. The van der Waals surface area contributed by atoms with E-state index in [0.717, 1.165) is 0 Å². The number of nitrogens with one attached hydrogen (secondary N) is 2. The molecule has 11 nitrogen and oxygen atoms in total. The molecular weight excluding hydrogens is 442 g/mol. The number of aromatic nitrogens is 1. The largest absolute Gasteiger partial charge is 0.508 e. The van der Waals surface area contributed by atoms with Crippen molar-refractivity contribution in [1.82, 2.24) is 15.2 Å². The van der Waals surface area contributed by atoms with E-state index in [9.17, 15) is 24.3 Å². The van der Waals surface area contributed by atoms with E-state index in [4.69, 9.17) is 16.2 Å². The van der Waals surface area contributed by atoms with E-state index in [1.807, 2.05) is 0 Å². The van der Waals surface area contributed by atoms with Crippen LogP contribution >= 0.6 is 0 Å². The number of nitrogens with two attached hydrogens (primary N) is 1. The highest BCUT2D eigenvalue weighted by Gasteiger charge is 2.33. The zero-order valence-electron chi connectivity index (χ0n) is 18.2. The summed E-state index contributed by atoms with van der Waals surface area (Å²) < 4.78 is 0. The number of piperidine rings is 1. The highest BCUT2D eigenvalue weighted by atomic mass is 16.4. The van der Waals surface area contributed by atoms with E-state index >= 15 is 0 Å². The second-order valence-corrected chi connectivity index (χ2v) is 8.01. The molecule has 178 valence electrons. The molecule has 1 aliphatic heterocycles. The number of rotatable bonds is 8. The summed E-state index contributed by atoms with van der Waals surface area (Å²) in [5.41, 5.74) is 6.50. The number of carbonyl (C=O) groups excluding carboxylic acids is 3. The summed E-state index contributed by atoms with van der Waals surface area (Å²) in [6.07, 6.45) is 1.89. The van der Waals surface area contributed by atoms with Crippen LogP contribution in [0.1, 0.15) is 34.5 Å². The van der Waals surface area contributed by atoms with Gasteiger partial charge >= 0.3 is 5.97 Å². The third-order valence-electron chi connectivity index (χ3n) is 5.67. The summed E-state index contributed by atoms with van der Waals surface area (Å²) in [4.78, 5) is 54.3. The lowest BCUT2D eigenvalue weighted by molar-refractivity contribution is -0.152. The van der Waals surface area contributed by atoms with Gasteiger partial charge in [-0.25, -0.2) is 4.79 Å². The fourth-order valence-corrected chi connectivity index (χ4v) is 3.74. The van der Waals surface area contributed by atoms with Gasteiger partial charge < -0.3 is 26.2 Å². The number of nitrogen functional groups attached to an aromatic ring is 1. The second kappa shape index (κ2) is 10.6. The highest BCUT2D eigenvalue weighted by Crippen LogP contribution is 2.20. The van der Waals surface area contributed by atoms with Crippen LogP contribution in [0.2, 0.25) is 0 Å². The monoisotopic (exact) mass is 467 g/mol. The fraction of sp³-hybridized carbons (Fsp3) is 0.304. The number of aromatic hydroxyl groups is 1. The molecule has 1 aromatic heterocycles. The predicted octanol–water partition coefficient (Wildman–Crippen LogP) is 0.305. The average molecular weight is 467 g/mol. The predicted molar refractivity (Wildman–Crippen MR) is 120 cm³/mol. The number of carboxylic acids is 1. The third kappa shape index (κ3) is 5.94. The van der Waals surface area contributed by atoms with Crippen LogP contribution in [-0.4, -0.2) is 68.6 Å². The molecule has 1 aliphatic rings.